The van der Waals surface area contributed by atoms with Crippen molar-refractivity contribution in [3.05, 3.63) is 52.6 Å². The molecule has 2 amide bonds. The van der Waals surface area contributed by atoms with E-state index in [2.05, 4.69) is 25.6 Å². The summed E-state index contributed by atoms with van der Waals surface area (Å²) < 4.78 is 43.8. The second-order valence-electron chi connectivity index (χ2n) is 7.46. The molecule has 3 heterocycles. The zero-order chi connectivity index (χ0) is 23.9. The third kappa shape index (κ3) is 4.65. The van der Waals surface area contributed by atoms with Crippen LogP contribution in [-0.4, -0.2) is 32.9 Å². The van der Waals surface area contributed by atoms with Crippen molar-refractivity contribution in [2.24, 2.45) is 0 Å². The van der Waals surface area contributed by atoms with E-state index >= 15 is 0 Å². The molecule has 0 radical (unpaired) electrons. The average molecular weight is 477 g/mol. The van der Waals surface area contributed by atoms with Gasteiger partial charge in [0, 0.05) is 34.6 Å². The van der Waals surface area contributed by atoms with Crippen LogP contribution < -0.4 is 15.4 Å². The Morgan fingerprint density at radius 3 is 2.52 bits per heavy atom. The lowest BCUT2D eigenvalue weighted by Gasteiger charge is -2.26. The van der Waals surface area contributed by atoms with Crippen molar-refractivity contribution in [2.45, 2.75) is 39.1 Å². The minimum Gasteiger partial charge on any atom is -0.478 e. The van der Waals surface area contributed by atoms with Crippen molar-refractivity contribution < 1.29 is 27.5 Å². The number of hydrogen-bond acceptors (Lipinski definition) is 7. The van der Waals surface area contributed by atoms with Crippen LogP contribution in [0, 0.1) is 6.92 Å². The number of aryl methyl sites for hydroxylation is 1. The second kappa shape index (κ2) is 8.43. The summed E-state index contributed by atoms with van der Waals surface area (Å²) >= 11 is 1.41. The van der Waals surface area contributed by atoms with E-state index in [-0.39, 0.29) is 11.5 Å². The largest absolute Gasteiger partial charge is 0.478 e. The van der Waals surface area contributed by atoms with E-state index in [0.717, 1.165) is 17.3 Å². The topological polar surface area (TPSA) is 106 Å². The highest BCUT2D eigenvalue weighted by Crippen LogP contribution is 2.42. The van der Waals surface area contributed by atoms with Crippen LogP contribution in [-0.2, 0) is 11.0 Å². The van der Waals surface area contributed by atoms with Gasteiger partial charge in [-0.25, -0.2) is 15.0 Å². The van der Waals surface area contributed by atoms with Crippen molar-refractivity contribution >= 4 is 28.8 Å². The molecule has 0 spiro atoms. The highest BCUT2D eigenvalue weighted by Gasteiger charge is 2.34. The number of fused-ring (bicyclic) bond motifs is 1. The highest BCUT2D eigenvalue weighted by atomic mass is 32.1. The summed E-state index contributed by atoms with van der Waals surface area (Å²) in [6, 6.07) is 2.41. The molecular weight excluding hydrogens is 459 g/mol. The third-order valence-corrected chi connectivity index (χ3v) is 5.84. The van der Waals surface area contributed by atoms with E-state index in [9.17, 15) is 22.8 Å². The van der Waals surface area contributed by atoms with Gasteiger partial charge < -0.3 is 15.4 Å². The summed E-state index contributed by atoms with van der Waals surface area (Å²) in [4.78, 5) is 37.0. The van der Waals surface area contributed by atoms with E-state index in [1.54, 1.807) is 26.1 Å². The van der Waals surface area contributed by atoms with E-state index in [1.807, 2.05) is 6.92 Å². The summed E-state index contributed by atoms with van der Waals surface area (Å²) in [5, 5.41) is 6.06. The number of ether oxygens (including phenoxy) is 1. The van der Waals surface area contributed by atoms with Gasteiger partial charge in [0.2, 0.25) is 5.82 Å². The number of halogens is 3. The van der Waals surface area contributed by atoms with Gasteiger partial charge >= 0.3 is 6.18 Å². The van der Waals surface area contributed by atoms with Crippen LogP contribution in [0.1, 0.15) is 46.5 Å². The van der Waals surface area contributed by atoms with Gasteiger partial charge in [-0.2, -0.15) is 13.2 Å². The van der Waals surface area contributed by atoms with Crippen LogP contribution in [0.15, 0.2) is 30.7 Å². The van der Waals surface area contributed by atoms with Crippen molar-refractivity contribution in [2.75, 3.05) is 5.32 Å². The number of aromatic nitrogens is 3. The average Bonchev–Trinajstić information content (AvgIpc) is 3.19. The number of alkyl halides is 3. The Kier molecular flexibility index (Phi) is 5.78. The lowest BCUT2D eigenvalue weighted by atomic mass is 10.0. The number of carbonyl (C=O) groups is 2. The van der Waals surface area contributed by atoms with Gasteiger partial charge in [0.1, 0.15) is 5.01 Å². The fourth-order valence-electron chi connectivity index (χ4n) is 3.15. The summed E-state index contributed by atoms with van der Waals surface area (Å²) in [6.07, 6.45) is -1.63. The Labute approximate surface area is 190 Å². The molecule has 2 aromatic heterocycles. The van der Waals surface area contributed by atoms with Gasteiger partial charge in [-0.3, -0.25) is 9.59 Å². The molecule has 3 aromatic rings. The third-order valence-electron chi connectivity index (χ3n) is 4.90. The van der Waals surface area contributed by atoms with Crippen molar-refractivity contribution in [3.63, 3.8) is 0 Å². The molecule has 2 N–H and O–H groups in total. The molecule has 2 atom stereocenters. The Morgan fingerprint density at radius 2 is 1.91 bits per heavy atom. The molecule has 1 aromatic carbocycles. The monoisotopic (exact) mass is 477 g/mol. The number of amides is 2. The van der Waals surface area contributed by atoms with Crippen LogP contribution in [0.3, 0.4) is 0 Å². The maximum absolute atomic E-state index is 13.0. The summed E-state index contributed by atoms with van der Waals surface area (Å²) in [7, 11) is 0. The first-order valence-corrected chi connectivity index (χ1v) is 10.6. The van der Waals surface area contributed by atoms with Crippen LogP contribution >= 0.6 is 11.3 Å². The quantitative estimate of drug-likeness (QED) is 0.585. The number of anilines is 1. The second-order valence-corrected chi connectivity index (χ2v) is 8.69. The molecule has 4 rings (SSSR count). The zero-order valence-corrected chi connectivity index (χ0v) is 18.5. The molecule has 12 heteroatoms. The number of hydrogen-bond donors (Lipinski definition) is 2. The highest BCUT2D eigenvalue weighted by molar-refractivity contribution is 7.15. The van der Waals surface area contributed by atoms with Gasteiger partial charge in [0.05, 0.1) is 17.3 Å². The Bertz CT molecular complexity index is 1230. The number of nitrogens with zero attached hydrogens (tertiary/aromatic N) is 3. The van der Waals surface area contributed by atoms with Gasteiger partial charge in [-0.15, -0.1) is 11.3 Å². The van der Waals surface area contributed by atoms with E-state index < -0.39 is 30.1 Å². The maximum atomic E-state index is 13.0. The van der Waals surface area contributed by atoms with Crippen molar-refractivity contribution in [1.29, 1.82) is 0 Å². The van der Waals surface area contributed by atoms with Crippen LogP contribution in [0.25, 0.3) is 10.6 Å². The number of nitrogens with one attached hydrogen (secondary N) is 2. The molecule has 1 aliphatic rings. The van der Waals surface area contributed by atoms with Gasteiger partial charge in [-0.05, 0) is 32.9 Å². The predicted molar refractivity (Wildman–Crippen MR) is 114 cm³/mol. The summed E-state index contributed by atoms with van der Waals surface area (Å²) in [6.45, 7) is 5.10. The van der Waals surface area contributed by atoms with E-state index in [4.69, 9.17) is 4.74 Å². The minimum atomic E-state index is -4.65. The van der Waals surface area contributed by atoms with E-state index in [1.165, 1.54) is 17.4 Å². The molecule has 0 saturated carbocycles. The number of thiazole rings is 1. The van der Waals surface area contributed by atoms with Crippen LogP contribution in [0.5, 0.6) is 5.75 Å². The first-order chi connectivity index (χ1) is 15.5. The lowest BCUT2D eigenvalue weighted by Crippen LogP contribution is -2.35. The van der Waals surface area contributed by atoms with E-state index in [0.29, 0.717) is 27.6 Å². The van der Waals surface area contributed by atoms with Gasteiger partial charge in [-0.1, -0.05) is 0 Å². The van der Waals surface area contributed by atoms with Crippen molar-refractivity contribution in [3.8, 4) is 16.3 Å². The predicted octanol–water partition coefficient (Wildman–Crippen LogP) is 4.14. The Morgan fingerprint density at radius 1 is 1.21 bits per heavy atom. The molecule has 0 fully saturated rings. The zero-order valence-electron chi connectivity index (χ0n) is 17.6. The summed E-state index contributed by atoms with van der Waals surface area (Å²) in [5.41, 5.74) is 1.40. The molecule has 0 saturated heterocycles. The molecule has 1 unspecified atom stereocenters. The van der Waals surface area contributed by atoms with Gasteiger partial charge in [0.15, 0.2) is 11.9 Å². The lowest BCUT2D eigenvalue weighted by molar-refractivity contribution is -0.145. The number of rotatable bonds is 4. The summed E-state index contributed by atoms with van der Waals surface area (Å²) in [5.74, 6) is -1.70. The SMILES string of the molecule is Cc1cnc(-c2cc(C(=O)N[C@H](C)c3cnc(C(F)(F)F)nc3)cc3c2OC(C)C(=O)N3)s1. The first kappa shape index (κ1) is 22.6. The first-order valence-electron chi connectivity index (χ1n) is 9.81. The Hall–Kier alpha value is -3.54. The maximum Gasteiger partial charge on any atom is 0.451 e. The molecule has 8 nitrogen and oxygen atoms in total. The minimum absolute atomic E-state index is 0.217. The van der Waals surface area contributed by atoms with Crippen LogP contribution in [0.2, 0.25) is 0 Å². The number of benzene rings is 1. The smallest absolute Gasteiger partial charge is 0.451 e. The normalized spacial score (nSPS) is 16.4. The Balaban J connectivity index is 1.63. The van der Waals surface area contributed by atoms with Crippen molar-refractivity contribution in [1.82, 2.24) is 20.3 Å². The standard InChI is InChI=1S/C21H18F3N5O3S/c1-9-6-25-19(33-9)14-4-12(5-15-16(14)32-11(3)17(30)29-15)18(31)28-10(2)13-7-26-20(27-8-13)21(22,23)24/h4-8,10-11H,1-3H3,(H,28,31)(H,29,30)/t10-,11?/m1/s1. The molecule has 0 bridgehead atoms. The fourth-order valence-corrected chi connectivity index (χ4v) is 3.93. The molecule has 172 valence electrons. The molecular formula is C21H18F3N5O3S. The molecule has 33 heavy (non-hydrogen) atoms. The van der Waals surface area contributed by atoms with Gasteiger partial charge in [0.25, 0.3) is 11.8 Å². The fraction of sp³-hybridized carbons (Fsp3) is 0.286. The number of carbonyl (C=O) groups excluding carboxylic acids is 2. The molecule has 0 aliphatic carbocycles. The van der Waals surface area contributed by atoms with Crippen LogP contribution in [0.4, 0.5) is 18.9 Å². The molecule has 1 aliphatic heterocycles.